The first kappa shape index (κ1) is 15.0. The first-order valence-electron chi connectivity index (χ1n) is 6.90. The molecule has 0 amide bonds. The van der Waals surface area contributed by atoms with Gasteiger partial charge in [0.05, 0.1) is 0 Å². The second kappa shape index (κ2) is 6.74. The molecule has 0 aliphatic rings. The van der Waals surface area contributed by atoms with Gasteiger partial charge < -0.3 is 11.1 Å². The summed E-state index contributed by atoms with van der Waals surface area (Å²) in [6.45, 7) is 9.44. The molecule has 0 aromatic carbocycles. The molecule has 102 valence electrons. The Bertz CT molecular complexity index is 338. The van der Waals surface area contributed by atoms with E-state index in [1.54, 1.807) is 0 Å². The third kappa shape index (κ3) is 4.65. The van der Waals surface area contributed by atoms with Gasteiger partial charge in [-0.15, -0.1) is 0 Å². The molecule has 0 spiro atoms. The molecule has 1 unspecified atom stereocenters. The Balaban J connectivity index is 2.62. The Kier molecular flexibility index (Phi) is 5.60. The first-order chi connectivity index (χ1) is 8.47. The van der Waals surface area contributed by atoms with Crippen LogP contribution in [0, 0.1) is 0 Å². The van der Waals surface area contributed by atoms with E-state index in [1.165, 1.54) is 18.4 Å². The van der Waals surface area contributed by atoms with Crippen molar-refractivity contribution in [1.82, 2.24) is 4.98 Å². The molecule has 1 aromatic heterocycles. The molecule has 1 rings (SSSR count). The molecule has 0 aliphatic heterocycles. The van der Waals surface area contributed by atoms with E-state index >= 15 is 0 Å². The Labute approximate surface area is 111 Å². The summed E-state index contributed by atoms with van der Waals surface area (Å²) in [7, 11) is 0. The SMILES string of the molecule is CCCCC(CN)Nc1ccc(C(C)(C)C)cn1. The van der Waals surface area contributed by atoms with Crippen molar-refractivity contribution in [2.45, 2.75) is 58.4 Å². The summed E-state index contributed by atoms with van der Waals surface area (Å²) in [6.07, 6.45) is 5.47. The number of pyridine rings is 1. The number of hydrogen-bond acceptors (Lipinski definition) is 3. The highest BCUT2D eigenvalue weighted by molar-refractivity contribution is 5.38. The quantitative estimate of drug-likeness (QED) is 0.813. The number of nitrogens with zero attached hydrogens (tertiary/aromatic N) is 1. The lowest BCUT2D eigenvalue weighted by molar-refractivity contribution is 0.586. The minimum absolute atomic E-state index is 0.154. The summed E-state index contributed by atoms with van der Waals surface area (Å²) in [5, 5.41) is 3.41. The van der Waals surface area contributed by atoms with Gasteiger partial charge in [0, 0.05) is 18.8 Å². The van der Waals surface area contributed by atoms with Gasteiger partial charge in [0.15, 0.2) is 0 Å². The van der Waals surface area contributed by atoms with Crippen molar-refractivity contribution in [2.75, 3.05) is 11.9 Å². The van der Waals surface area contributed by atoms with Gasteiger partial charge in [-0.2, -0.15) is 0 Å². The van der Waals surface area contributed by atoms with Gasteiger partial charge in [-0.1, -0.05) is 46.6 Å². The normalized spacial score (nSPS) is 13.4. The van der Waals surface area contributed by atoms with Crippen LogP contribution in [0.1, 0.15) is 52.5 Å². The number of nitrogens with two attached hydrogens (primary N) is 1. The number of rotatable bonds is 6. The molecule has 1 atom stereocenters. The third-order valence-electron chi connectivity index (χ3n) is 3.17. The zero-order valence-electron chi connectivity index (χ0n) is 12.2. The lowest BCUT2D eigenvalue weighted by Crippen LogP contribution is -2.29. The van der Waals surface area contributed by atoms with Crippen molar-refractivity contribution < 1.29 is 0 Å². The van der Waals surface area contributed by atoms with Crippen LogP contribution in [-0.4, -0.2) is 17.6 Å². The maximum atomic E-state index is 5.77. The van der Waals surface area contributed by atoms with Crippen molar-refractivity contribution in [3.63, 3.8) is 0 Å². The molecule has 0 fully saturated rings. The molecule has 0 bridgehead atoms. The largest absolute Gasteiger partial charge is 0.366 e. The van der Waals surface area contributed by atoms with Crippen molar-refractivity contribution in [3.05, 3.63) is 23.9 Å². The Morgan fingerprint density at radius 2 is 2.06 bits per heavy atom. The molecule has 3 heteroatoms. The zero-order chi connectivity index (χ0) is 13.6. The summed E-state index contributed by atoms with van der Waals surface area (Å²) in [5.41, 5.74) is 7.18. The minimum Gasteiger partial charge on any atom is -0.366 e. The summed E-state index contributed by atoms with van der Waals surface area (Å²) < 4.78 is 0. The van der Waals surface area contributed by atoms with E-state index in [1.807, 2.05) is 6.20 Å². The van der Waals surface area contributed by atoms with Crippen LogP contribution in [0.15, 0.2) is 18.3 Å². The highest BCUT2D eigenvalue weighted by atomic mass is 15.0. The molecule has 0 radical (unpaired) electrons. The molecule has 0 saturated carbocycles. The molecule has 0 aliphatic carbocycles. The average molecular weight is 249 g/mol. The van der Waals surface area contributed by atoms with Gasteiger partial charge >= 0.3 is 0 Å². The lowest BCUT2D eigenvalue weighted by Gasteiger charge is -2.20. The van der Waals surface area contributed by atoms with Crippen molar-refractivity contribution in [3.8, 4) is 0 Å². The van der Waals surface area contributed by atoms with E-state index in [0.29, 0.717) is 12.6 Å². The van der Waals surface area contributed by atoms with Gasteiger partial charge in [-0.25, -0.2) is 4.98 Å². The Morgan fingerprint density at radius 1 is 1.33 bits per heavy atom. The molecule has 3 N–H and O–H groups in total. The van der Waals surface area contributed by atoms with Gasteiger partial charge in [0.2, 0.25) is 0 Å². The highest BCUT2D eigenvalue weighted by Crippen LogP contribution is 2.22. The molecule has 1 heterocycles. The number of nitrogens with one attached hydrogen (secondary N) is 1. The fraction of sp³-hybridized carbons (Fsp3) is 0.667. The summed E-state index contributed by atoms with van der Waals surface area (Å²) >= 11 is 0. The molecule has 0 saturated heterocycles. The van der Waals surface area contributed by atoms with E-state index in [2.05, 4.69) is 50.1 Å². The summed E-state index contributed by atoms with van der Waals surface area (Å²) in [4.78, 5) is 4.47. The van der Waals surface area contributed by atoms with E-state index in [-0.39, 0.29) is 5.41 Å². The Hall–Kier alpha value is -1.09. The second-order valence-electron chi connectivity index (χ2n) is 5.90. The third-order valence-corrected chi connectivity index (χ3v) is 3.17. The van der Waals surface area contributed by atoms with Crippen LogP contribution < -0.4 is 11.1 Å². The predicted octanol–water partition coefficient (Wildman–Crippen LogP) is 3.31. The van der Waals surface area contributed by atoms with Gasteiger partial charge in [0.25, 0.3) is 0 Å². The first-order valence-corrected chi connectivity index (χ1v) is 6.90. The van der Waals surface area contributed by atoms with Crippen LogP contribution in [0.5, 0.6) is 0 Å². The lowest BCUT2D eigenvalue weighted by atomic mass is 9.88. The smallest absolute Gasteiger partial charge is 0.126 e. The molecule has 18 heavy (non-hydrogen) atoms. The predicted molar refractivity (Wildman–Crippen MR) is 78.9 cm³/mol. The number of aromatic nitrogens is 1. The van der Waals surface area contributed by atoms with Crippen LogP contribution in [0.25, 0.3) is 0 Å². The maximum Gasteiger partial charge on any atom is 0.126 e. The number of anilines is 1. The summed E-state index contributed by atoms with van der Waals surface area (Å²) in [6, 6.07) is 4.52. The van der Waals surface area contributed by atoms with E-state index in [0.717, 1.165) is 12.2 Å². The Morgan fingerprint density at radius 3 is 2.50 bits per heavy atom. The molecular formula is C15H27N3. The van der Waals surface area contributed by atoms with Gasteiger partial charge in [-0.3, -0.25) is 0 Å². The molecular weight excluding hydrogens is 222 g/mol. The minimum atomic E-state index is 0.154. The topological polar surface area (TPSA) is 50.9 Å². The van der Waals surface area contributed by atoms with E-state index in [9.17, 15) is 0 Å². The van der Waals surface area contributed by atoms with Crippen LogP contribution >= 0.6 is 0 Å². The van der Waals surface area contributed by atoms with Crippen LogP contribution in [0.4, 0.5) is 5.82 Å². The van der Waals surface area contributed by atoms with Gasteiger partial charge in [0.1, 0.15) is 5.82 Å². The number of hydrogen-bond donors (Lipinski definition) is 2. The summed E-state index contributed by atoms with van der Waals surface area (Å²) in [5.74, 6) is 0.926. The van der Waals surface area contributed by atoms with Gasteiger partial charge in [-0.05, 0) is 23.5 Å². The fourth-order valence-electron chi connectivity index (χ4n) is 1.83. The van der Waals surface area contributed by atoms with Crippen molar-refractivity contribution in [1.29, 1.82) is 0 Å². The standard InChI is InChI=1S/C15H27N3/c1-5-6-7-13(10-16)18-14-9-8-12(11-17-14)15(2,3)4/h8-9,11,13H,5-7,10,16H2,1-4H3,(H,17,18). The van der Waals surface area contributed by atoms with E-state index in [4.69, 9.17) is 5.73 Å². The average Bonchev–Trinajstić information content (AvgIpc) is 2.34. The highest BCUT2D eigenvalue weighted by Gasteiger charge is 2.14. The number of unbranched alkanes of at least 4 members (excludes halogenated alkanes) is 1. The van der Waals surface area contributed by atoms with E-state index < -0.39 is 0 Å². The fourth-order valence-corrected chi connectivity index (χ4v) is 1.83. The van der Waals surface area contributed by atoms with Crippen molar-refractivity contribution >= 4 is 5.82 Å². The monoisotopic (exact) mass is 249 g/mol. The zero-order valence-corrected chi connectivity index (χ0v) is 12.2. The van der Waals surface area contributed by atoms with Crippen molar-refractivity contribution in [2.24, 2.45) is 5.73 Å². The van der Waals surface area contributed by atoms with Crippen LogP contribution in [0.3, 0.4) is 0 Å². The van der Waals surface area contributed by atoms with Crippen LogP contribution in [0.2, 0.25) is 0 Å². The van der Waals surface area contributed by atoms with Crippen LogP contribution in [-0.2, 0) is 5.41 Å². The molecule has 1 aromatic rings. The second-order valence-corrected chi connectivity index (χ2v) is 5.90. The molecule has 3 nitrogen and oxygen atoms in total. The maximum absolute atomic E-state index is 5.77.